The number of halogens is 1. The van der Waals surface area contributed by atoms with Gasteiger partial charge >= 0.3 is 0 Å². The van der Waals surface area contributed by atoms with Crippen LogP contribution in [0.1, 0.15) is 17.9 Å². The number of hydrogen-bond acceptors (Lipinski definition) is 5. The van der Waals surface area contributed by atoms with Gasteiger partial charge in [-0.2, -0.15) is 8.42 Å². The lowest BCUT2D eigenvalue weighted by molar-refractivity contribution is -0.120. The van der Waals surface area contributed by atoms with Crippen LogP contribution in [0.25, 0.3) is 0 Å². The van der Waals surface area contributed by atoms with E-state index in [-0.39, 0.29) is 16.9 Å². The molecule has 0 aliphatic heterocycles. The SMILES string of the molecule is O=C(NS(=O)(=O)c1cnccn1)[C@@H]1C[C@@H]1c1ccc(Cl)cc1. The van der Waals surface area contributed by atoms with E-state index in [9.17, 15) is 13.2 Å². The van der Waals surface area contributed by atoms with E-state index >= 15 is 0 Å². The van der Waals surface area contributed by atoms with Gasteiger partial charge in [-0.15, -0.1) is 0 Å². The minimum absolute atomic E-state index is 0.0225. The molecule has 6 nitrogen and oxygen atoms in total. The standard InChI is InChI=1S/C14H12ClN3O3S/c15-10-3-1-9(2-4-10)11-7-12(11)14(19)18-22(20,21)13-8-16-5-6-17-13/h1-6,8,11-12H,7H2,(H,18,19)/t11-,12-/m1/s1. The first-order valence-corrected chi connectivity index (χ1v) is 8.41. The summed E-state index contributed by atoms with van der Waals surface area (Å²) in [5.41, 5.74) is 0.974. The second kappa shape index (κ2) is 5.66. The molecule has 1 saturated carbocycles. The van der Waals surface area contributed by atoms with Crippen LogP contribution in [0, 0.1) is 5.92 Å². The number of nitrogens with zero attached hydrogens (tertiary/aromatic N) is 2. The number of nitrogens with one attached hydrogen (secondary N) is 1. The average Bonchev–Trinajstić information content (AvgIpc) is 3.29. The average molecular weight is 338 g/mol. The molecule has 8 heteroatoms. The summed E-state index contributed by atoms with van der Waals surface area (Å²) in [6.45, 7) is 0. The lowest BCUT2D eigenvalue weighted by Gasteiger charge is -2.05. The molecule has 22 heavy (non-hydrogen) atoms. The second-order valence-electron chi connectivity index (χ2n) is 5.01. The van der Waals surface area contributed by atoms with E-state index < -0.39 is 15.9 Å². The van der Waals surface area contributed by atoms with Crippen molar-refractivity contribution in [3.63, 3.8) is 0 Å². The van der Waals surface area contributed by atoms with Crippen LogP contribution < -0.4 is 4.72 Å². The molecule has 0 unspecified atom stereocenters. The number of benzene rings is 1. The van der Waals surface area contributed by atoms with Crippen LogP contribution in [0.15, 0.2) is 47.9 Å². The number of carbonyl (C=O) groups excluding carboxylic acids is 1. The number of hydrogen-bond donors (Lipinski definition) is 1. The van der Waals surface area contributed by atoms with Crippen molar-refractivity contribution in [1.29, 1.82) is 0 Å². The van der Waals surface area contributed by atoms with Gasteiger partial charge in [0.2, 0.25) is 5.91 Å². The van der Waals surface area contributed by atoms with Gasteiger partial charge in [-0.05, 0) is 30.0 Å². The predicted octanol–water partition coefficient (Wildman–Crippen LogP) is 1.74. The molecule has 1 aliphatic carbocycles. The quantitative estimate of drug-likeness (QED) is 0.917. The molecule has 3 rings (SSSR count). The highest BCUT2D eigenvalue weighted by molar-refractivity contribution is 7.90. The molecule has 0 radical (unpaired) electrons. The molecule has 1 aromatic carbocycles. The van der Waals surface area contributed by atoms with Crippen molar-refractivity contribution >= 4 is 27.5 Å². The van der Waals surface area contributed by atoms with E-state index in [1.807, 2.05) is 12.1 Å². The van der Waals surface area contributed by atoms with E-state index in [0.29, 0.717) is 11.4 Å². The zero-order chi connectivity index (χ0) is 15.7. The van der Waals surface area contributed by atoms with Crippen molar-refractivity contribution in [2.24, 2.45) is 5.92 Å². The van der Waals surface area contributed by atoms with E-state index in [1.54, 1.807) is 12.1 Å². The highest BCUT2D eigenvalue weighted by Crippen LogP contribution is 2.47. The predicted molar refractivity (Wildman–Crippen MR) is 79.7 cm³/mol. The fraction of sp³-hybridized carbons (Fsp3) is 0.214. The summed E-state index contributed by atoms with van der Waals surface area (Å²) in [6.07, 6.45) is 4.33. The molecule has 0 bridgehead atoms. The molecule has 1 amide bonds. The molecule has 1 heterocycles. The molecule has 114 valence electrons. The van der Waals surface area contributed by atoms with Crippen LogP contribution in [0.3, 0.4) is 0 Å². The van der Waals surface area contributed by atoms with Gasteiger partial charge < -0.3 is 0 Å². The first kappa shape index (κ1) is 14.9. The molecule has 0 spiro atoms. The molecule has 2 aromatic rings. The van der Waals surface area contributed by atoms with Crippen molar-refractivity contribution < 1.29 is 13.2 Å². The number of sulfonamides is 1. The van der Waals surface area contributed by atoms with E-state index in [0.717, 1.165) is 11.8 Å². The summed E-state index contributed by atoms with van der Waals surface area (Å²) < 4.78 is 26.1. The topological polar surface area (TPSA) is 89.0 Å². The molecular formula is C14H12ClN3O3S. The Morgan fingerprint density at radius 3 is 2.59 bits per heavy atom. The fourth-order valence-corrected chi connectivity index (χ4v) is 3.29. The zero-order valence-corrected chi connectivity index (χ0v) is 12.9. The van der Waals surface area contributed by atoms with Gasteiger partial charge in [0.15, 0.2) is 5.03 Å². The minimum Gasteiger partial charge on any atom is -0.274 e. The summed E-state index contributed by atoms with van der Waals surface area (Å²) in [7, 11) is -3.97. The van der Waals surface area contributed by atoms with Crippen molar-refractivity contribution in [1.82, 2.24) is 14.7 Å². The van der Waals surface area contributed by atoms with E-state index in [4.69, 9.17) is 11.6 Å². The van der Waals surface area contributed by atoms with Crippen molar-refractivity contribution in [2.75, 3.05) is 0 Å². The maximum Gasteiger partial charge on any atom is 0.283 e. The monoisotopic (exact) mass is 337 g/mol. The maximum atomic E-state index is 12.1. The Labute approximate surface area is 132 Å². The van der Waals surface area contributed by atoms with Gasteiger partial charge in [0, 0.05) is 23.3 Å². The highest BCUT2D eigenvalue weighted by Gasteiger charge is 2.45. The first-order chi connectivity index (χ1) is 10.5. The molecule has 1 aliphatic rings. The van der Waals surface area contributed by atoms with Crippen LogP contribution in [-0.4, -0.2) is 24.3 Å². The van der Waals surface area contributed by atoms with Gasteiger partial charge in [0.1, 0.15) is 0 Å². The molecule has 0 saturated heterocycles. The number of aromatic nitrogens is 2. The van der Waals surface area contributed by atoms with Gasteiger partial charge in [0.25, 0.3) is 10.0 Å². The van der Waals surface area contributed by atoms with Gasteiger partial charge in [0.05, 0.1) is 6.20 Å². The molecule has 1 N–H and O–H groups in total. The smallest absolute Gasteiger partial charge is 0.274 e. The summed E-state index contributed by atoms with van der Waals surface area (Å²) in [5.74, 6) is -0.854. The number of rotatable bonds is 4. The van der Waals surface area contributed by atoms with Crippen LogP contribution >= 0.6 is 11.6 Å². The lowest BCUT2D eigenvalue weighted by atomic mass is 10.1. The Hall–Kier alpha value is -1.99. The van der Waals surface area contributed by atoms with Gasteiger partial charge in [-0.25, -0.2) is 9.71 Å². The molecule has 1 aromatic heterocycles. The van der Waals surface area contributed by atoms with Crippen molar-refractivity contribution in [3.05, 3.63) is 53.4 Å². The molecule has 2 atom stereocenters. The second-order valence-corrected chi connectivity index (χ2v) is 7.08. The number of amides is 1. The largest absolute Gasteiger partial charge is 0.283 e. The van der Waals surface area contributed by atoms with Crippen molar-refractivity contribution in [2.45, 2.75) is 17.4 Å². The first-order valence-electron chi connectivity index (χ1n) is 6.55. The van der Waals surface area contributed by atoms with Crippen LogP contribution in [0.5, 0.6) is 0 Å². The molecule has 1 fully saturated rings. The Balaban J connectivity index is 1.68. The number of carbonyl (C=O) groups is 1. The highest BCUT2D eigenvalue weighted by atomic mass is 35.5. The Bertz CT molecular complexity index is 794. The Morgan fingerprint density at radius 2 is 1.95 bits per heavy atom. The van der Waals surface area contributed by atoms with Crippen LogP contribution in [0.2, 0.25) is 5.02 Å². The zero-order valence-electron chi connectivity index (χ0n) is 11.3. The summed E-state index contributed by atoms with van der Waals surface area (Å²) in [5, 5.41) is 0.350. The third-order valence-electron chi connectivity index (χ3n) is 3.48. The van der Waals surface area contributed by atoms with E-state index in [2.05, 4.69) is 14.7 Å². The Morgan fingerprint density at radius 1 is 1.23 bits per heavy atom. The minimum atomic E-state index is -3.97. The van der Waals surface area contributed by atoms with Gasteiger partial charge in [-0.1, -0.05) is 23.7 Å². The normalized spacial score (nSPS) is 20.4. The van der Waals surface area contributed by atoms with E-state index in [1.165, 1.54) is 12.4 Å². The Kier molecular flexibility index (Phi) is 3.84. The summed E-state index contributed by atoms with van der Waals surface area (Å²) >= 11 is 5.82. The van der Waals surface area contributed by atoms with Crippen molar-refractivity contribution in [3.8, 4) is 0 Å². The fourth-order valence-electron chi connectivity index (χ4n) is 2.25. The van der Waals surface area contributed by atoms with Gasteiger partial charge in [-0.3, -0.25) is 9.78 Å². The van der Waals surface area contributed by atoms with Crippen LogP contribution in [0.4, 0.5) is 0 Å². The summed E-state index contributed by atoms with van der Waals surface area (Å²) in [6, 6.07) is 7.19. The third kappa shape index (κ3) is 3.10. The summed E-state index contributed by atoms with van der Waals surface area (Å²) in [4.78, 5) is 19.5. The van der Waals surface area contributed by atoms with Crippen LogP contribution in [-0.2, 0) is 14.8 Å². The lowest BCUT2D eigenvalue weighted by Crippen LogP contribution is -2.32. The maximum absolute atomic E-state index is 12.1. The molecular weight excluding hydrogens is 326 g/mol. The third-order valence-corrected chi connectivity index (χ3v) is 4.96.